The molecule has 0 aromatic heterocycles. The van der Waals surface area contributed by atoms with E-state index in [1.165, 1.54) is 0 Å². The molecule has 7 nitrogen and oxygen atoms in total. The van der Waals surface area contributed by atoms with Crippen molar-refractivity contribution in [2.24, 2.45) is 0 Å². The summed E-state index contributed by atoms with van der Waals surface area (Å²) in [6, 6.07) is 5.24. The molecule has 0 spiro atoms. The molecule has 0 saturated carbocycles. The Balaban J connectivity index is 1.59. The minimum absolute atomic E-state index is 0.159. The van der Waals surface area contributed by atoms with Crippen molar-refractivity contribution < 1.29 is 13.2 Å². The van der Waals surface area contributed by atoms with E-state index in [-0.39, 0.29) is 11.9 Å². The topological polar surface area (TPSA) is 64.2 Å². The summed E-state index contributed by atoms with van der Waals surface area (Å²) >= 11 is 0. The number of benzene rings is 1. The molecule has 2 heterocycles. The smallest absolute Gasteiger partial charge is 0.243 e. The number of piperazine rings is 2. The molecule has 1 aromatic carbocycles. The number of amides is 1. The Bertz CT molecular complexity index is 826. The van der Waals surface area contributed by atoms with E-state index in [9.17, 15) is 13.2 Å². The molecule has 2 aliphatic rings. The average molecular weight is 423 g/mol. The van der Waals surface area contributed by atoms with Gasteiger partial charge in [-0.1, -0.05) is 24.6 Å². The predicted molar refractivity (Wildman–Crippen MR) is 114 cm³/mol. The molecule has 0 aliphatic carbocycles. The van der Waals surface area contributed by atoms with Crippen LogP contribution in [0.4, 0.5) is 0 Å². The lowest BCUT2D eigenvalue weighted by Gasteiger charge is -2.40. The molecule has 1 aromatic rings. The molecule has 2 aliphatic heterocycles. The van der Waals surface area contributed by atoms with Crippen LogP contribution >= 0.6 is 0 Å². The molecule has 0 N–H and O–H groups in total. The van der Waals surface area contributed by atoms with E-state index in [1.807, 2.05) is 37.8 Å². The maximum atomic E-state index is 13.1. The Morgan fingerprint density at radius 3 is 2.17 bits per heavy atom. The van der Waals surface area contributed by atoms with E-state index >= 15 is 0 Å². The summed E-state index contributed by atoms with van der Waals surface area (Å²) in [6.45, 7) is 14.3. The summed E-state index contributed by atoms with van der Waals surface area (Å²) in [7, 11) is -3.50. The third-order valence-corrected chi connectivity index (χ3v) is 8.32. The van der Waals surface area contributed by atoms with Crippen LogP contribution in [0.5, 0.6) is 0 Å². The van der Waals surface area contributed by atoms with Gasteiger partial charge in [0, 0.05) is 52.4 Å². The second-order valence-corrected chi connectivity index (χ2v) is 10.1. The van der Waals surface area contributed by atoms with Crippen LogP contribution in [0.3, 0.4) is 0 Å². The number of likely N-dealkylation sites (N-methyl/N-ethyl adjacent to an activating group) is 1. The van der Waals surface area contributed by atoms with Crippen molar-refractivity contribution in [2.75, 3.05) is 58.9 Å². The molecule has 0 unspecified atom stereocenters. The van der Waals surface area contributed by atoms with E-state index in [1.54, 1.807) is 10.4 Å². The monoisotopic (exact) mass is 422 g/mol. The minimum Gasteiger partial charge on any atom is -0.339 e. The van der Waals surface area contributed by atoms with Crippen molar-refractivity contribution in [3.8, 4) is 0 Å². The van der Waals surface area contributed by atoms with Gasteiger partial charge in [0.05, 0.1) is 10.9 Å². The predicted octanol–water partition coefficient (Wildman–Crippen LogP) is 1.16. The van der Waals surface area contributed by atoms with E-state index in [2.05, 4.69) is 16.7 Å². The number of aryl methyl sites for hydroxylation is 2. The van der Waals surface area contributed by atoms with Gasteiger partial charge in [0.25, 0.3) is 0 Å². The maximum absolute atomic E-state index is 13.1. The molecule has 1 atom stereocenters. The lowest BCUT2D eigenvalue weighted by molar-refractivity contribution is -0.138. The van der Waals surface area contributed by atoms with Gasteiger partial charge in [-0.15, -0.1) is 0 Å². The Labute approximate surface area is 175 Å². The third kappa shape index (κ3) is 4.82. The summed E-state index contributed by atoms with van der Waals surface area (Å²) in [4.78, 5) is 19.7. The quantitative estimate of drug-likeness (QED) is 0.713. The van der Waals surface area contributed by atoms with Gasteiger partial charge in [0.2, 0.25) is 15.9 Å². The minimum atomic E-state index is -3.50. The van der Waals surface area contributed by atoms with Gasteiger partial charge >= 0.3 is 0 Å². The largest absolute Gasteiger partial charge is 0.339 e. The fourth-order valence-electron chi connectivity index (χ4n) is 4.26. The number of nitrogens with zero attached hydrogens (tertiary/aromatic N) is 4. The number of hydrogen-bond donors (Lipinski definition) is 0. The summed E-state index contributed by atoms with van der Waals surface area (Å²) in [5.74, 6) is 0.159. The zero-order valence-electron chi connectivity index (χ0n) is 18.1. The van der Waals surface area contributed by atoms with E-state index in [0.717, 1.165) is 43.9 Å². The lowest BCUT2D eigenvalue weighted by atomic mass is 10.2. The number of carbonyl (C=O) groups is 1. The molecule has 1 amide bonds. The molecule has 162 valence electrons. The fourth-order valence-corrected chi connectivity index (χ4v) is 5.89. The standard InChI is InChI=1S/C21H34N4O3S/c1-5-22-8-10-24(11-9-22)21(26)19(4)23-12-14-25(15-13-23)29(27,28)20-7-6-17(2)16-18(20)3/h6-7,16,19H,5,8-15H2,1-4H3/t19-/m1/s1. The van der Waals surface area contributed by atoms with E-state index in [4.69, 9.17) is 0 Å². The summed E-state index contributed by atoms with van der Waals surface area (Å²) < 4.78 is 27.7. The summed E-state index contributed by atoms with van der Waals surface area (Å²) in [5, 5.41) is 0. The van der Waals surface area contributed by atoms with Crippen molar-refractivity contribution in [1.82, 2.24) is 19.0 Å². The van der Waals surface area contributed by atoms with E-state index in [0.29, 0.717) is 31.1 Å². The van der Waals surface area contributed by atoms with Gasteiger partial charge in [-0.3, -0.25) is 9.69 Å². The van der Waals surface area contributed by atoms with Gasteiger partial charge < -0.3 is 9.80 Å². The van der Waals surface area contributed by atoms with Crippen molar-refractivity contribution in [1.29, 1.82) is 0 Å². The first-order valence-electron chi connectivity index (χ1n) is 10.6. The van der Waals surface area contributed by atoms with Gasteiger partial charge in [0.15, 0.2) is 0 Å². The van der Waals surface area contributed by atoms with Crippen LogP contribution in [0, 0.1) is 13.8 Å². The van der Waals surface area contributed by atoms with Gasteiger partial charge in [-0.05, 0) is 38.9 Å². The molecule has 3 rings (SSSR count). The lowest BCUT2D eigenvalue weighted by Crippen LogP contribution is -2.57. The second-order valence-electron chi connectivity index (χ2n) is 8.14. The van der Waals surface area contributed by atoms with Gasteiger partial charge in [-0.2, -0.15) is 4.31 Å². The van der Waals surface area contributed by atoms with Crippen LogP contribution in [0.15, 0.2) is 23.1 Å². The highest BCUT2D eigenvalue weighted by molar-refractivity contribution is 7.89. The summed E-state index contributed by atoms with van der Waals surface area (Å²) in [6.07, 6.45) is 0. The Kier molecular flexibility index (Phi) is 6.98. The van der Waals surface area contributed by atoms with Crippen molar-refractivity contribution >= 4 is 15.9 Å². The number of rotatable bonds is 5. The Morgan fingerprint density at radius 2 is 1.62 bits per heavy atom. The van der Waals surface area contributed by atoms with Crippen LogP contribution in [-0.4, -0.2) is 98.3 Å². The molecule has 29 heavy (non-hydrogen) atoms. The van der Waals surface area contributed by atoms with Crippen molar-refractivity contribution in [3.05, 3.63) is 29.3 Å². The number of hydrogen-bond acceptors (Lipinski definition) is 5. The van der Waals surface area contributed by atoms with Gasteiger partial charge in [0.1, 0.15) is 0 Å². The normalized spacial score (nSPS) is 21.3. The second kappa shape index (κ2) is 9.12. The van der Waals surface area contributed by atoms with Crippen LogP contribution in [0.25, 0.3) is 0 Å². The average Bonchev–Trinajstić information content (AvgIpc) is 2.72. The zero-order chi connectivity index (χ0) is 21.2. The molecule has 0 radical (unpaired) electrons. The number of sulfonamides is 1. The molecule has 2 fully saturated rings. The number of carbonyl (C=O) groups excluding carboxylic acids is 1. The maximum Gasteiger partial charge on any atom is 0.243 e. The SMILES string of the molecule is CCN1CCN(C(=O)[C@@H](C)N2CCN(S(=O)(=O)c3ccc(C)cc3C)CC2)CC1. The van der Waals surface area contributed by atoms with Crippen molar-refractivity contribution in [3.63, 3.8) is 0 Å². The first-order valence-corrected chi connectivity index (χ1v) is 12.0. The van der Waals surface area contributed by atoms with Crippen LogP contribution in [0.2, 0.25) is 0 Å². The third-order valence-electron chi connectivity index (χ3n) is 6.26. The Hall–Kier alpha value is -1.48. The summed E-state index contributed by atoms with van der Waals surface area (Å²) in [5.41, 5.74) is 1.83. The fraction of sp³-hybridized carbons (Fsp3) is 0.667. The molecule has 0 bridgehead atoms. The molecular weight excluding hydrogens is 388 g/mol. The van der Waals surface area contributed by atoms with Crippen LogP contribution in [-0.2, 0) is 14.8 Å². The first-order chi connectivity index (χ1) is 13.7. The first kappa shape index (κ1) is 22.2. The zero-order valence-corrected chi connectivity index (χ0v) is 18.9. The van der Waals surface area contributed by atoms with Crippen molar-refractivity contribution in [2.45, 2.75) is 38.6 Å². The van der Waals surface area contributed by atoms with Crippen LogP contribution in [0.1, 0.15) is 25.0 Å². The highest BCUT2D eigenvalue weighted by Crippen LogP contribution is 2.23. The van der Waals surface area contributed by atoms with Crippen LogP contribution < -0.4 is 0 Å². The highest BCUT2D eigenvalue weighted by Gasteiger charge is 2.34. The van der Waals surface area contributed by atoms with Gasteiger partial charge in [-0.25, -0.2) is 8.42 Å². The van der Waals surface area contributed by atoms with E-state index < -0.39 is 10.0 Å². The Morgan fingerprint density at radius 1 is 1.00 bits per heavy atom. The molecule has 2 saturated heterocycles. The molecule has 8 heteroatoms. The molecular formula is C21H34N4O3S. The highest BCUT2D eigenvalue weighted by atomic mass is 32.2.